The maximum Gasteiger partial charge on any atom is 0.305 e. The van der Waals surface area contributed by atoms with Gasteiger partial charge in [-0.1, -0.05) is 74.5 Å². The summed E-state index contributed by atoms with van der Waals surface area (Å²) in [6.07, 6.45) is -2.37. The van der Waals surface area contributed by atoms with Crippen molar-refractivity contribution < 1.29 is 34.4 Å². The lowest BCUT2D eigenvalue weighted by Crippen LogP contribution is -2.22. The molecule has 0 aliphatic rings. The molecule has 0 radical (unpaired) electrons. The topological polar surface area (TPSA) is 130 Å². The Morgan fingerprint density at radius 3 is 2.07 bits per heavy atom. The molecule has 4 rings (SSSR count). The molecule has 0 saturated heterocycles. The van der Waals surface area contributed by atoms with Gasteiger partial charge in [-0.2, -0.15) is 0 Å². The van der Waals surface area contributed by atoms with E-state index in [4.69, 9.17) is 14.6 Å². The zero-order valence-electron chi connectivity index (χ0n) is 25.5. The number of nitrogens with zero attached hydrogens (tertiary/aromatic N) is 1. The number of aliphatic hydroxyl groups excluding tert-OH is 2. The van der Waals surface area contributed by atoms with Crippen LogP contribution in [-0.2, 0) is 11.3 Å². The number of aliphatic hydroxyl groups is 2. The molecule has 9 nitrogen and oxygen atoms in total. The van der Waals surface area contributed by atoms with Crippen molar-refractivity contribution in [2.45, 2.75) is 57.8 Å². The first-order valence-corrected chi connectivity index (χ1v) is 14.6. The number of amides is 1. The van der Waals surface area contributed by atoms with Crippen LogP contribution in [0.15, 0.2) is 78.9 Å². The second-order valence-corrected chi connectivity index (χ2v) is 11.0. The van der Waals surface area contributed by atoms with E-state index in [0.717, 1.165) is 28.1 Å². The number of carbonyl (C=O) groups is 2. The highest BCUT2D eigenvalue weighted by atomic mass is 16.5. The van der Waals surface area contributed by atoms with Crippen molar-refractivity contribution in [1.29, 1.82) is 0 Å². The molecule has 44 heavy (non-hydrogen) atoms. The minimum atomic E-state index is -1.16. The number of anilines is 1. The van der Waals surface area contributed by atoms with E-state index in [1.54, 1.807) is 25.3 Å². The van der Waals surface area contributed by atoms with Crippen molar-refractivity contribution >= 4 is 17.6 Å². The van der Waals surface area contributed by atoms with Crippen molar-refractivity contribution in [3.8, 4) is 33.9 Å². The smallest absolute Gasteiger partial charge is 0.305 e. The van der Waals surface area contributed by atoms with E-state index in [0.29, 0.717) is 29.3 Å². The Bertz CT molecular complexity index is 1570. The second-order valence-electron chi connectivity index (χ2n) is 11.0. The Morgan fingerprint density at radius 2 is 1.50 bits per heavy atom. The predicted molar refractivity (Wildman–Crippen MR) is 170 cm³/mol. The normalized spacial score (nSPS) is 12.5. The van der Waals surface area contributed by atoms with Crippen LogP contribution in [0.4, 0.5) is 5.69 Å². The number of methoxy groups -OCH3 is 2. The molecule has 2 unspecified atom stereocenters. The summed E-state index contributed by atoms with van der Waals surface area (Å²) in [5.74, 6) is -0.485. The van der Waals surface area contributed by atoms with Crippen LogP contribution in [-0.4, -0.2) is 58.2 Å². The molecular weight excluding hydrogens is 560 g/mol. The largest absolute Gasteiger partial charge is 0.497 e. The lowest BCUT2D eigenvalue weighted by molar-refractivity contribution is -0.139. The van der Waals surface area contributed by atoms with Gasteiger partial charge >= 0.3 is 5.97 Å². The molecule has 4 aromatic rings. The summed E-state index contributed by atoms with van der Waals surface area (Å²) >= 11 is 0. The Hall–Kier alpha value is -4.60. The number of hydrogen-bond donors (Lipinski definition) is 4. The predicted octanol–water partition coefficient (Wildman–Crippen LogP) is 6.19. The average Bonchev–Trinajstić information content (AvgIpc) is 3.36. The number of rotatable bonds is 14. The van der Waals surface area contributed by atoms with E-state index in [2.05, 4.69) is 9.88 Å². The van der Waals surface area contributed by atoms with Crippen LogP contribution in [0.2, 0.25) is 0 Å². The molecule has 1 amide bonds. The minimum absolute atomic E-state index is 0.0681. The first-order chi connectivity index (χ1) is 21.1. The standard InChI is InChI=1S/C35H40N2O7/c1-22(2)33-32(35(42)36-28-16-15-27(43-3)21-29(28)44-4)31(23-11-7-5-8-12-23)34(24-13-9-6-10-14-24)37(33)18-17-25(38)19-26(39)20-30(40)41/h5-16,21-22,25-26,38-39H,17-20H2,1-4H3,(H,36,42)(H,40,41). The molecule has 0 saturated carbocycles. The zero-order chi connectivity index (χ0) is 31.8. The molecule has 0 bridgehead atoms. The lowest BCUT2D eigenvalue weighted by atomic mass is 9.94. The van der Waals surface area contributed by atoms with E-state index in [9.17, 15) is 19.8 Å². The SMILES string of the molecule is COc1ccc(NC(=O)c2c(-c3ccccc3)c(-c3ccccc3)n(CCC(O)CC(O)CC(=O)O)c2C(C)C)c(OC)c1. The molecule has 0 aliphatic heterocycles. The summed E-state index contributed by atoms with van der Waals surface area (Å²) in [4.78, 5) is 25.4. The molecule has 0 aliphatic carbocycles. The molecule has 2 atom stereocenters. The van der Waals surface area contributed by atoms with Gasteiger partial charge in [-0.25, -0.2) is 0 Å². The zero-order valence-corrected chi connectivity index (χ0v) is 25.5. The quantitative estimate of drug-likeness (QED) is 0.136. The molecule has 1 aromatic heterocycles. The number of ether oxygens (including phenoxy) is 2. The van der Waals surface area contributed by atoms with Gasteiger partial charge in [0.1, 0.15) is 11.5 Å². The third kappa shape index (κ3) is 7.48. The van der Waals surface area contributed by atoms with Crippen LogP contribution in [0.1, 0.15) is 55.1 Å². The van der Waals surface area contributed by atoms with Crippen LogP contribution in [0.3, 0.4) is 0 Å². The van der Waals surface area contributed by atoms with Crippen LogP contribution < -0.4 is 14.8 Å². The van der Waals surface area contributed by atoms with E-state index < -0.39 is 24.6 Å². The lowest BCUT2D eigenvalue weighted by Gasteiger charge is -2.20. The molecule has 4 N–H and O–H groups in total. The van der Waals surface area contributed by atoms with Crippen molar-refractivity contribution in [3.63, 3.8) is 0 Å². The van der Waals surface area contributed by atoms with Gasteiger partial charge in [0, 0.05) is 23.9 Å². The van der Waals surface area contributed by atoms with E-state index >= 15 is 0 Å². The fourth-order valence-corrected chi connectivity index (χ4v) is 5.56. The van der Waals surface area contributed by atoms with Gasteiger partial charge in [-0.15, -0.1) is 0 Å². The Balaban J connectivity index is 1.89. The molecular formula is C35H40N2O7. The van der Waals surface area contributed by atoms with Gasteiger partial charge in [-0.05, 0) is 42.0 Å². The number of aliphatic carboxylic acids is 1. The number of benzene rings is 3. The minimum Gasteiger partial charge on any atom is -0.497 e. The highest BCUT2D eigenvalue weighted by molar-refractivity contribution is 6.13. The second kappa shape index (κ2) is 14.7. The summed E-state index contributed by atoms with van der Waals surface area (Å²) < 4.78 is 13.0. The van der Waals surface area contributed by atoms with Crippen molar-refractivity contribution in [3.05, 3.63) is 90.1 Å². The Kier molecular flexibility index (Phi) is 10.8. The number of carbonyl (C=O) groups excluding carboxylic acids is 1. The van der Waals surface area contributed by atoms with Gasteiger partial charge in [0.05, 0.1) is 49.8 Å². The average molecular weight is 601 g/mol. The van der Waals surface area contributed by atoms with Gasteiger partial charge in [0.25, 0.3) is 5.91 Å². The summed E-state index contributed by atoms with van der Waals surface area (Å²) in [7, 11) is 3.09. The summed E-state index contributed by atoms with van der Waals surface area (Å²) in [5, 5.41) is 33.0. The first-order valence-electron chi connectivity index (χ1n) is 14.6. The highest BCUT2D eigenvalue weighted by Gasteiger charge is 2.31. The number of aromatic nitrogens is 1. The van der Waals surface area contributed by atoms with Gasteiger partial charge < -0.3 is 34.7 Å². The fraction of sp³-hybridized carbons (Fsp3) is 0.314. The maximum atomic E-state index is 14.4. The monoisotopic (exact) mass is 600 g/mol. The highest BCUT2D eigenvalue weighted by Crippen LogP contribution is 2.43. The van der Waals surface area contributed by atoms with Gasteiger partial charge in [0.2, 0.25) is 0 Å². The van der Waals surface area contributed by atoms with Crippen molar-refractivity contribution in [2.24, 2.45) is 0 Å². The van der Waals surface area contributed by atoms with E-state index in [1.165, 1.54) is 7.11 Å². The van der Waals surface area contributed by atoms with Crippen LogP contribution in [0, 0.1) is 0 Å². The van der Waals surface area contributed by atoms with Crippen LogP contribution >= 0.6 is 0 Å². The summed E-state index contributed by atoms with van der Waals surface area (Å²) in [6.45, 7) is 4.37. The third-order valence-corrected chi connectivity index (χ3v) is 7.48. The third-order valence-electron chi connectivity index (χ3n) is 7.48. The molecule has 0 fully saturated rings. The van der Waals surface area contributed by atoms with Gasteiger partial charge in [0.15, 0.2) is 0 Å². The fourth-order valence-electron chi connectivity index (χ4n) is 5.56. The number of carboxylic acid groups (broad SMARTS) is 1. The summed E-state index contributed by atoms with van der Waals surface area (Å²) in [5.41, 5.74) is 5.11. The van der Waals surface area contributed by atoms with Crippen LogP contribution in [0.25, 0.3) is 22.4 Å². The van der Waals surface area contributed by atoms with Gasteiger partial charge in [-0.3, -0.25) is 9.59 Å². The summed E-state index contributed by atoms with van der Waals surface area (Å²) in [6, 6.07) is 24.7. The van der Waals surface area contributed by atoms with Crippen molar-refractivity contribution in [1.82, 2.24) is 4.57 Å². The first kappa shape index (κ1) is 32.3. The number of carboxylic acids is 1. The molecule has 9 heteroatoms. The number of nitrogens with one attached hydrogen (secondary N) is 1. The van der Waals surface area contributed by atoms with Crippen molar-refractivity contribution in [2.75, 3.05) is 19.5 Å². The van der Waals surface area contributed by atoms with E-state index in [1.807, 2.05) is 74.5 Å². The molecule has 1 heterocycles. The Labute approximate surface area is 257 Å². The molecule has 232 valence electrons. The van der Waals surface area contributed by atoms with Crippen LogP contribution in [0.5, 0.6) is 11.5 Å². The molecule has 3 aromatic carbocycles. The van der Waals surface area contributed by atoms with E-state index in [-0.39, 0.29) is 24.7 Å². The Morgan fingerprint density at radius 1 is 0.864 bits per heavy atom. The molecule has 0 spiro atoms. The maximum absolute atomic E-state index is 14.4. The number of hydrogen-bond acceptors (Lipinski definition) is 6.